The van der Waals surface area contributed by atoms with E-state index in [0.717, 1.165) is 22.3 Å². The van der Waals surface area contributed by atoms with Gasteiger partial charge in [-0.05, 0) is 35.4 Å². The second kappa shape index (κ2) is 8.35. The van der Waals surface area contributed by atoms with Gasteiger partial charge >= 0.3 is 5.97 Å². The largest absolute Gasteiger partial charge is 0.464 e. The Morgan fingerprint density at radius 3 is 1.93 bits per heavy atom. The molecule has 0 heterocycles. The average Bonchev–Trinajstić information content (AvgIpc) is 3.10. The maximum absolute atomic E-state index is 12.6. The standard InChI is InChI=1S/C24H17ClN2O3/c1-30-24(29)21(14-22(28)15-10-12-16(25)13-11-15)26-27-23-19-8-4-2-6-17(19)18-7-3-5-9-20(18)23/h2-14,26H,1H3/b21-14-. The summed E-state index contributed by atoms with van der Waals surface area (Å²) in [6, 6.07) is 22.2. The van der Waals surface area contributed by atoms with Crippen LogP contribution in [0.3, 0.4) is 0 Å². The fourth-order valence-corrected chi connectivity index (χ4v) is 3.43. The van der Waals surface area contributed by atoms with Gasteiger partial charge in [-0.1, -0.05) is 60.1 Å². The van der Waals surface area contributed by atoms with Crippen LogP contribution in [-0.4, -0.2) is 24.6 Å². The summed E-state index contributed by atoms with van der Waals surface area (Å²) >= 11 is 5.87. The van der Waals surface area contributed by atoms with E-state index in [2.05, 4.69) is 10.5 Å². The molecule has 0 unspecified atom stereocenters. The monoisotopic (exact) mass is 416 g/mol. The topological polar surface area (TPSA) is 67.8 Å². The van der Waals surface area contributed by atoms with Crippen LogP contribution in [0.4, 0.5) is 0 Å². The molecule has 5 nitrogen and oxygen atoms in total. The van der Waals surface area contributed by atoms with Crippen LogP contribution in [0.15, 0.2) is 89.7 Å². The predicted molar refractivity (Wildman–Crippen MR) is 117 cm³/mol. The molecule has 4 rings (SSSR count). The first kappa shape index (κ1) is 19.6. The van der Waals surface area contributed by atoms with Crippen molar-refractivity contribution >= 4 is 29.1 Å². The van der Waals surface area contributed by atoms with Crippen molar-refractivity contribution in [3.63, 3.8) is 0 Å². The molecule has 3 aromatic rings. The number of allylic oxidation sites excluding steroid dienone is 1. The molecule has 0 fully saturated rings. The van der Waals surface area contributed by atoms with Gasteiger partial charge in [0.15, 0.2) is 5.78 Å². The Labute approximate surface area is 178 Å². The Bertz CT molecular complexity index is 1150. The number of carbonyl (C=O) groups is 2. The lowest BCUT2D eigenvalue weighted by molar-refractivity contribution is -0.136. The summed E-state index contributed by atoms with van der Waals surface area (Å²) in [7, 11) is 1.25. The number of methoxy groups -OCH3 is 1. The number of ether oxygens (including phenoxy) is 1. The molecule has 3 aromatic carbocycles. The molecule has 0 aliphatic heterocycles. The number of nitrogens with one attached hydrogen (secondary N) is 1. The summed E-state index contributed by atoms with van der Waals surface area (Å²) in [5, 5.41) is 4.98. The average molecular weight is 417 g/mol. The second-order valence-electron chi connectivity index (χ2n) is 6.58. The Morgan fingerprint density at radius 2 is 1.40 bits per heavy atom. The summed E-state index contributed by atoms with van der Waals surface area (Å²) in [5.41, 5.74) is 7.77. The van der Waals surface area contributed by atoms with Gasteiger partial charge in [0, 0.05) is 27.8 Å². The summed E-state index contributed by atoms with van der Waals surface area (Å²) in [6.45, 7) is 0. The molecule has 0 bridgehead atoms. The highest BCUT2D eigenvalue weighted by molar-refractivity contribution is 6.30. The van der Waals surface area contributed by atoms with Gasteiger partial charge in [0.1, 0.15) is 5.70 Å². The number of nitrogens with zero attached hydrogens (tertiary/aromatic N) is 1. The Kier molecular flexibility index (Phi) is 5.46. The van der Waals surface area contributed by atoms with Crippen LogP contribution in [0.2, 0.25) is 5.02 Å². The third-order valence-electron chi connectivity index (χ3n) is 4.75. The van der Waals surface area contributed by atoms with Crippen molar-refractivity contribution < 1.29 is 14.3 Å². The van der Waals surface area contributed by atoms with Gasteiger partial charge in [0.2, 0.25) is 0 Å². The minimum Gasteiger partial charge on any atom is -0.464 e. The van der Waals surface area contributed by atoms with E-state index >= 15 is 0 Å². The van der Waals surface area contributed by atoms with Gasteiger partial charge in [-0.3, -0.25) is 10.2 Å². The molecular weight excluding hydrogens is 400 g/mol. The molecule has 1 aliphatic rings. The zero-order valence-corrected chi connectivity index (χ0v) is 16.8. The first-order valence-electron chi connectivity index (χ1n) is 9.21. The molecule has 1 N–H and O–H groups in total. The van der Waals surface area contributed by atoms with E-state index < -0.39 is 5.97 Å². The number of rotatable bonds is 5. The fourth-order valence-electron chi connectivity index (χ4n) is 3.31. The van der Waals surface area contributed by atoms with Gasteiger partial charge < -0.3 is 4.74 Å². The van der Waals surface area contributed by atoms with Gasteiger partial charge in [0.25, 0.3) is 0 Å². The number of fused-ring (bicyclic) bond motifs is 3. The van der Waals surface area contributed by atoms with Crippen molar-refractivity contribution in [3.8, 4) is 11.1 Å². The Balaban J connectivity index is 1.69. The van der Waals surface area contributed by atoms with Crippen LogP contribution >= 0.6 is 11.6 Å². The molecule has 0 saturated heterocycles. The highest BCUT2D eigenvalue weighted by Gasteiger charge is 2.24. The number of hydrogen-bond donors (Lipinski definition) is 1. The lowest BCUT2D eigenvalue weighted by Crippen LogP contribution is -2.20. The smallest absolute Gasteiger partial charge is 0.356 e. The Hall–Kier alpha value is -3.70. The van der Waals surface area contributed by atoms with Crippen molar-refractivity contribution in [1.82, 2.24) is 5.43 Å². The lowest BCUT2D eigenvalue weighted by Gasteiger charge is -2.07. The van der Waals surface area contributed by atoms with Gasteiger partial charge in [-0.25, -0.2) is 4.79 Å². The van der Waals surface area contributed by atoms with Crippen LogP contribution in [0.1, 0.15) is 21.5 Å². The quantitative estimate of drug-likeness (QED) is 0.223. The normalized spacial score (nSPS) is 12.1. The predicted octanol–water partition coefficient (Wildman–Crippen LogP) is 4.60. The first-order chi connectivity index (χ1) is 14.6. The van der Waals surface area contributed by atoms with E-state index in [9.17, 15) is 9.59 Å². The first-order valence-corrected chi connectivity index (χ1v) is 9.59. The zero-order chi connectivity index (χ0) is 21.1. The maximum Gasteiger partial charge on any atom is 0.356 e. The molecule has 0 radical (unpaired) electrons. The van der Waals surface area contributed by atoms with Gasteiger partial charge in [-0.15, -0.1) is 0 Å². The van der Waals surface area contributed by atoms with Gasteiger partial charge in [0.05, 0.1) is 12.8 Å². The SMILES string of the molecule is COC(=O)/C(=C/C(=O)c1ccc(Cl)cc1)NN=C1c2ccccc2-c2ccccc21. The van der Waals surface area contributed by atoms with Crippen LogP contribution < -0.4 is 5.43 Å². The summed E-state index contributed by atoms with van der Waals surface area (Å²) in [4.78, 5) is 24.8. The van der Waals surface area contributed by atoms with Gasteiger partial charge in [-0.2, -0.15) is 5.10 Å². The number of hydrazone groups is 1. The molecule has 0 spiro atoms. The third-order valence-corrected chi connectivity index (χ3v) is 5.00. The van der Waals surface area contributed by atoms with Crippen molar-refractivity contribution in [2.75, 3.05) is 7.11 Å². The zero-order valence-electron chi connectivity index (χ0n) is 16.1. The van der Waals surface area contributed by atoms with Crippen LogP contribution in [-0.2, 0) is 9.53 Å². The van der Waals surface area contributed by atoms with Crippen molar-refractivity contribution in [2.45, 2.75) is 0 Å². The maximum atomic E-state index is 12.6. The summed E-state index contributed by atoms with van der Waals surface area (Å²) in [5.74, 6) is -1.06. The highest BCUT2D eigenvalue weighted by Crippen LogP contribution is 2.36. The highest BCUT2D eigenvalue weighted by atomic mass is 35.5. The molecule has 6 heteroatoms. The third kappa shape index (κ3) is 3.75. The van der Waals surface area contributed by atoms with E-state index in [1.807, 2.05) is 48.5 Å². The van der Waals surface area contributed by atoms with Crippen molar-refractivity contribution in [2.24, 2.45) is 5.10 Å². The van der Waals surface area contributed by atoms with E-state index in [4.69, 9.17) is 16.3 Å². The molecule has 0 aromatic heterocycles. The molecule has 1 aliphatic carbocycles. The van der Waals surface area contributed by atoms with Crippen molar-refractivity contribution in [1.29, 1.82) is 0 Å². The lowest BCUT2D eigenvalue weighted by atomic mass is 10.1. The van der Waals surface area contributed by atoms with Crippen LogP contribution in [0.25, 0.3) is 11.1 Å². The fraction of sp³-hybridized carbons (Fsp3) is 0.0417. The summed E-state index contributed by atoms with van der Waals surface area (Å²) < 4.78 is 4.81. The number of carbonyl (C=O) groups excluding carboxylic acids is 2. The molecule has 0 atom stereocenters. The molecule has 0 saturated carbocycles. The number of esters is 1. The second-order valence-corrected chi connectivity index (χ2v) is 7.02. The van der Waals surface area contributed by atoms with E-state index in [-0.39, 0.29) is 11.5 Å². The minimum atomic E-state index is -0.693. The van der Waals surface area contributed by atoms with E-state index in [1.54, 1.807) is 24.3 Å². The molecular formula is C24H17ClN2O3. The molecule has 148 valence electrons. The number of halogens is 1. The van der Waals surface area contributed by atoms with Crippen LogP contribution in [0, 0.1) is 0 Å². The van der Waals surface area contributed by atoms with Crippen molar-refractivity contribution in [3.05, 3.63) is 106 Å². The van der Waals surface area contributed by atoms with Crippen LogP contribution in [0.5, 0.6) is 0 Å². The molecule has 30 heavy (non-hydrogen) atoms. The number of ketones is 1. The van der Waals surface area contributed by atoms with E-state index in [0.29, 0.717) is 16.3 Å². The number of hydrogen-bond acceptors (Lipinski definition) is 5. The number of benzene rings is 3. The molecule has 0 amide bonds. The minimum absolute atomic E-state index is 0.0631. The summed E-state index contributed by atoms with van der Waals surface area (Å²) in [6.07, 6.45) is 1.17. The Morgan fingerprint density at radius 1 is 0.867 bits per heavy atom. The van der Waals surface area contributed by atoms with E-state index in [1.165, 1.54) is 13.2 Å².